The predicted molar refractivity (Wildman–Crippen MR) is 114 cm³/mol. The molecule has 5 nitrogen and oxygen atoms in total. The standard InChI is InChI=1S/C24H32FN3O2/c25-21-5-4-7-23(20(21)17-26)27-13-8-18(9-14-27)22-6-2-1-3-12-28(22)24(29)19-10-15-30-16-11-19/h4-5,7,18-19,22H,1-3,6,8-16H2. The number of halogens is 1. The van der Waals surface area contributed by atoms with Crippen molar-refractivity contribution in [3.8, 4) is 6.07 Å². The van der Waals surface area contributed by atoms with Crippen molar-refractivity contribution in [2.24, 2.45) is 11.8 Å². The summed E-state index contributed by atoms with van der Waals surface area (Å²) in [5, 5.41) is 9.37. The van der Waals surface area contributed by atoms with Crippen molar-refractivity contribution >= 4 is 11.6 Å². The molecule has 4 rings (SSSR count). The van der Waals surface area contributed by atoms with Gasteiger partial charge in [0.25, 0.3) is 0 Å². The van der Waals surface area contributed by atoms with E-state index in [-0.39, 0.29) is 11.5 Å². The maximum Gasteiger partial charge on any atom is 0.226 e. The first-order chi connectivity index (χ1) is 14.7. The molecule has 6 heteroatoms. The Hall–Kier alpha value is -2.13. The van der Waals surface area contributed by atoms with Crippen LogP contribution in [0.15, 0.2) is 18.2 Å². The summed E-state index contributed by atoms with van der Waals surface area (Å²) in [5.74, 6) is 0.478. The highest BCUT2D eigenvalue weighted by atomic mass is 19.1. The number of likely N-dealkylation sites (tertiary alicyclic amines) is 1. The minimum Gasteiger partial charge on any atom is -0.381 e. The number of rotatable bonds is 3. The molecule has 162 valence electrons. The van der Waals surface area contributed by atoms with Gasteiger partial charge in [-0.25, -0.2) is 4.39 Å². The lowest BCUT2D eigenvalue weighted by Crippen LogP contribution is -2.50. The Morgan fingerprint density at radius 3 is 2.53 bits per heavy atom. The topological polar surface area (TPSA) is 56.6 Å². The van der Waals surface area contributed by atoms with Crippen molar-refractivity contribution in [3.05, 3.63) is 29.6 Å². The molecule has 1 atom stereocenters. The van der Waals surface area contributed by atoms with Gasteiger partial charge < -0.3 is 14.5 Å². The average Bonchev–Trinajstić information content (AvgIpc) is 3.05. The molecule has 0 aliphatic carbocycles. The quantitative estimate of drug-likeness (QED) is 0.748. The first-order valence-corrected chi connectivity index (χ1v) is 11.5. The Balaban J connectivity index is 1.45. The van der Waals surface area contributed by atoms with Gasteiger partial charge in [-0.1, -0.05) is 18.9 Å². The van der Waals surface area contributed by atoms with Crippen molar-refractivity contribution in [2.45, 2.75) is 57.4 Å². The Labute approximate surface area is 178 Å². The maximum atomic E-state index is 14.0. The number of nitriles is 1. The molecule has 1 aromatic rings. The summed E-state index contributed by atoms with van der Waals surface area (Å²) >= 11 is 0. The molecule has 0 aromatic heterocycles. The summed E-state index contributed by atoms with van der Waals surface area (Å²) in [5.41, 5.74) is 0.841. The number of piperidine rings is 1. The largest absolute Gasteiger partial charge is 0.381 e. The van der Waals surface area contributed by atoms with E-state index in [4.69, 9.17) is 4.74 Å². The number of carbonyl (C=O) groups excluding carboxylic acids is 1. The van der Waals surface area contributed by atoms with Crippen LogP contribution in [0.1, 0.15) is 56.9 Å². The highest BCUT2D eigenvalue weighted by Crippen LogP contribution is 2.34. The van der Waals surface area contributed by atoms with E-state index in [0.717, 1.165) is 58.2 Å². The fourth-order valence-corrected chi connectivity index (χ4v) is 5.49. The van der Waals surface area contributed by atoms with Crippen LogP contribution in [0.3, 0.4) is 0 Å². The Morgan fingerprint density at radius 1 is 1.03 bits per heavy atom. The normalized spacial score (nSPS) is 24.3. The molecule has 0 radical (unpaired) electrons. The molecular formula is C24H32FN3O2. The minimum atomic E-state index is -0.450. The molecule has 1 unspecified atom stereocenters. The van der Waals surface area contributed by atoms with E-state index in [1.54, 1.807) is 6.07 Å². The lowest BCUT2D eigenvalue weighted by molar-refractivity contribution is -0.142. The monoisotopic (exact) mass is 413 g/mol. The van der Waals surface area contributed by atoms with Crippen LogP contribution in [0.25, 0.3) is 0 Å². The van der Waals surface area contributed by atoms with Crippen LogP contribution in [-0.4, -0.2) is 49.7 Å². The molecule has 0 spiro atoms. The zero-order valence-corrected chi connectivity index (χ0v) is 17.7. The van der Waals surface area contributed by atoms with Gasteiger partial charge >= 0.3 is 0 Å². The summed E-state index contributed by atoms with van der Waals surface area (Å²) in [4.78, 5) is 17.7. The predicted octanol–water partition coefficient (Wildman–Crippen LogP) is 4.11. The summed E-state index contributed by atoms with van der Waals surface area (Å²) in [6, 6.07) is 7.20. The second-order valence-electron chi connectivity index (χ2n) is 8.91. The maximum absolute atomic E-state index is 14.0. The Bertz CT molecular complexity index is 779. The van der Waals surface area contributed by atoms with E-state index in [1.807, 2.05) is 12.1 Å². The first kappa shape index (κ1) is 21.1. The average molecular weight is 414 g/mol. The zero-order chi connectivity index (χ0) is 20.9. The van der Waals surface area contributed by atoms with Crippen LogP contribution >= 0.6 is 0 Å². The summed E-state index contributed by atoms with van der Waals surface area (Å²) in [7, 11) is 0. The van der Waals surface area contributed by atoms with Gasteiger partial charge in [0.15, 0.2) is 0 Å². The fourth-order valence-electron chi connectivity index (χ4n) is 5.49. The summed E-state index contributed by atoms with van der Waals surface area (Å²) in [6.07, 6.45) is 8.20. The van der Waals surface area contributed by atoms with Crippen molar-refractivity contribution < 1.29 is 13.9 Å². The lowest BCUT2D eigenvalue weighted by atomic mass is 9.85. The molecule has 0 bridgehead atoms. The van der Waals surface area contributed by atoms with Gasteiger partial charge in [0.1, 0.15) is 17.4 Å². The number of carbonyl (C=O) groups is 1. The first-order valence-electron chi connectivity index (χ1n) is 11.5. The SMILES string of the molecule is N#Cc1c(F)cccc1N1CCC(C2CCCCCN2C(=O)C2CCOCC2)CC1. The summed E-state index contributed by atoms with van der Waals surface area (Å²) in [6.45, 7) is 3.88. The molecule has 0 N–H and O–H groups in total. The van der Waals surface area contributed by atoms with Gasteiger partial charge in [-0.3, -0.25) is 4.79 Å². The number of ether oxygens (including phenoxy) is 1. The number of benzene rings is 1. The molecule has 3 aliphatic heterocycles. The number of nitrogens with zero attached hydrogens (tertiary/aromatic N) is 3. The van der Waals surface area contributed by atoms with Crippen molar-refractivity contribution in [3.63, 3.8) is 0 Å². The third-order valence-electron chi connectivity index (χ3n) is 7.18. The van der Waals surface area contributed by atoms with Crippen LogP contribution in [0.5, 0.6) is 0 Å². The molecule has 3 heterocycles. The number of anilines is 1. The van der Waals surface area contributed by atoms with E-state index in [0.29, 0.717) is 36.8 Å². The number of amides is 1. The third-order valence-corrected chi connectivity index (χ3v) is 7.18. The van der Waals surface area contributed by atoms with Crippen molar-refractivity contribution in [1.29, 1.82) is 5.26 Å². The van der Waals surface area contributed by atoms with Gasteiger partial charge in [-0.05, 0) is 56.6 Å². The molecule has 1 aromatic carbocycles. The van der Waals surface area contributed by atoms with Gasteiger partial charge in [0.05, 0.1) is 5.69 Å². The molecule has 1 amide bonds. The van der Waals surface area contributed by atoms with Gasteiger partial charge in [-0.2, -0.15) is 5.26 Å². The van der Waals surface area contributed by atoms with E-state index in [2.05, 4.69) is 9.80 Å². The highest BCUT2D eigenvalue weighted by molar-refractivity contribution is 5.79. The Morgan fingerprint density at radius 2 is 1.80 bits per heavy atom. The third kappa shape index (κ3) is 4.46. The molecule has 3 fully saturated rings. The summed E-state index contributed by atoms with van der Waals surface area (Å²) < 4.78 is 19.5. The van der Waals surface area contributed by atoms with E-state index < -0.39 is 5.82 Å². The molecule has 30 heavy (non-hydrogen) atoms. The van der Waals surface area contributed by atoms with Crippen molar-refractivity contribution in [2.75, 3.05) is 37.7 Å². The van der Waals surface area contributed by atoms with Gasteiger partial charge in [-0.15, -0.1) is 0 Å². The lowest BCUT2D eigenvalue weighted by Gasteiger charge is -2.42. The van der Waals surface area contributed by atoms with Gasteiger partial charge in [0, 0.05) is 44.8 Å². The van der Waals surface area contributed by atoms with E-state index >= 15 is 0 Å². The molecule has 3 saturated heterocycles. The van der Waals surface area contributed by atoms with Crippen LogP contribution in [0.4, 0.5) is 10.1 Å². The van der Waals surface area contributed by atoms with E-state index in [9.17, 15) is 14.4 Å². The molecule has 3 aliphatic rings. The Kier molecular flexibility index (Phi) is 6.89. The van der Waals surface area contributed by atoms with E-state index in [1.165, 1.54) is 18.9 Å². The zero-order valence-electron chi connectivity index (χ0n) is 17.7. The van der Waals surface area contributed by atoms with Crippen molar-refractivity contribution in [1.82, 2.24) is 4.90 Å². The molecule has 0 saturated carbocycles. The van der Waals surface area contributed by atoms with Gasteiger partial charge in [0.2, 0.25) is 5.91 Å². The number of hydrogen-bond donors (Lipinski definition) is 0. The van der Waals surface area contributed by atoms with Crippen LogP contribution in [0, 0.1) is 29.0 Å². The second kappa shape index (κ2) is 9.78. The smallest absolute Gasteiger partial charge is 0.226 e. The van der Waals surface area contributed by atoms with Crippen LogP contribution in [0.2, 0.25) is 0 Å². The fraction of sp³-hybridized carbons (Fsp3) is 0.667. The van der Waals surface area contributed by atoms with Crippen LogP contribution in [-0.2, 0) is 9.53 Å². The molecular weight excluding hydrogens is 381 g/mol. The number of hydrogen-bond acceptors (Lipinski definition) is 4. The highest BCUT2D eigenvalue weighted by Gasteiger charge is 2.37. The minimum absolute atomic E-state index is 0.116. The van der Waals surface area contributed by atoms with Crippen LogP contribution < -0.4 is 4.90 Å². The second-order valence-corrected chi connectivity index (χ2v) is 8.91.